The molecule has 2 heterocycles. The minimum Gasteiger partial charge on any atom is -0.496 e. The van der Waals surface area contributed by atoms with Crippen molar-refractivity contribution >= 4 is 11.8 Å². The molecule has 1 aromatic carbocycles. The molecule has 1 saturated heterocycles. The Balaban J connectivity index is 1.54. The van der Waals surface area contributed by atoms with Crippen LogP contribution in [0.5, 0.6) is 5.75 Å². The fraction of sp³-hybridized carbons (Fsp3) is 0.450. The first-order valence-electron chi connectivity index (χ1n) is 9.07. The quantitative estimate of drug-likeness (QED) is 0.785. The van der Waals surface area contributed by atoms with Crippen molar-refractivity contribution in [1.29, 1.82) is 0 Å². The minimum atomic E-state index is -0.471. The highest BCUT2D eigenvalue weighted by molar-refractivity contribution is 6.05. The van der Waals surface area contributed by atoms with E-state index in [1.807, 2.05) is 24.3 Å². The first kappa shape index (κ1) is 16.8. The number of benzene rings is 1. The number of nitrogens with zero attached hydrogens (tertiary/aromatic N) is 2. The molecule has 6 heteroatoms. The second kappa shape index (κ2) is 6.59. The molecule has 2 fully saturated rings. The Morgan fingerprint density at radius 2 is 1.96 bits per heavy atom. The maximum Gasteiger partial charge on any atom is 0.236 e. The predicted octanol–water partition coefficient (Wildman–Crippen LogP) is 3.56. The third-order valence-corrected chi connectivity index (χ3v) is 5.56. The number of carbonyl (C=O) groups excluding carboxylic acids is 2. The van der Waals surface area contributed by atoms with Crippen molar-refractivity contribution in [3.63, 3.8) is 0 Å². The number of likely N-dealkylation sites (tertiary alicyclic amines) is 1. The number of methoxy groups -OCH3 is 1. The van der Waals surface area contributed by atoms with Crippen LogP contribution in [0.3, 0.4) is 0 Å². The van der Waals surface area contributed by atoms with E-state index in [9.17, 15) is 9.59 Å². The third kappa shape index (κ3) is 2.79. The molecule has 4 rings (SSSR count). The number of para-hydroxylation sites is 1. The van der Waals surface area contributed by atoms with E-state index in [1.54, 1.807) is 13.2 Å². The highest BCUT2D eigenvalue weighted by atomic mass is 16.5. The standard InChI is InChI=1S/C20H22N2O4/c1-25-17-8-4-3-7-15(17)16-11-14(26-21-16)13-22-18(23)12-20(19(22)24)9-5-2-6-10-20/h3-4,7-8,11H,2,5-6,9-10,12-13H2,1H3. The van der Waals surface area contributed by atoms with Crippen LogP contribution in [0.4, 0.5) is 0 Å². The van der Waals surface area contributed by atoms with Crippen LogP contribution < -0.4 is 4.74 Å². The summed E-state index contributed by atoms with van der Waals surface area (Å²) < 4.78 is 10.8. The Morgan fingerprint density at radius 1 is 1.19 bits per heavy atom. The summed E-state index contributed by atoms with van der Waals surface area (Å²) in [6, 6.07) is 9.29. The molecular weight excluding hydrogens is 332 g/mol. The van der Waals surface area contributed by atoms with Crippen LogP contribution in [0.1, 0.15) is 44.3 Å². The molecule has 2 aromatic rings. The maximum absolute atomic E-state index is 12.9. The molecule has 1 saturated carbocycles. The number of amides is 2. The molecule has 136 valence electrons. The Labute approximate surface area is 152 Å². The number of rotatable bonds is 4. The second-order valence-electron chi connectivity index (χ2n) is 7.18. The maximum atomic E-state index is 12.9. The fourth-order valence-electron chi connectivity index (χ4n) is 4.17. The summed E-state index contributed by atoms with van der Waals surface area (Å²) in [6.45, 7) is 0.140. The SMILES string of the molecule is COc1ccccc1-c1cc(CN2C(=O)CC3(CCCCC3)C2=O)on1. The van der Waals surface area contributed by atoms with Crippen molar-refractivity contribution in [2.75, 3.05) is 7.11 Å². The molecule has 2 aliphatic rings. The average Bonchev–Trinajstić information content (AvgIpc) is 3.22. The Bertz CT molecular complexity index is 836. The lowest BCUT2D eigenvalue weighted by atomic mass is 9.73. The van der Waals surface area contributed by atoms with Crippen molar-refractivity contribution in [3.8, 4) is 17.0 Å². The molecule has 2 amide bonds. The van der Waals surface area contributed by atoms with E-state index in [4.69, 9.17) is 9.26 Å². The number of aromatic nitrogens is 1. The minimum absolute atomic E-state index is 0.0440. The van der Waals surface area contributed by atoms with Crippen molar-refractivity contribution in [1.82, 2.24) is 10.1 Å². The van der Waals surface area contributed by atoms with Gasteiger partial charge in [-0.25, -0.2) is 0 Å². The van der Waals surface area contributed by atoms with Crippen molar-refractivity contribution in [2.45, 2.75) is 45.1 Å². The highest BCUT2D eigenvalue weighted by Crippen LogP contribution is 2.45. The summed E-state index contributed by atoms with van der Waals surface area (Å²) in [5.41, 5.74) is 0.970. The van der Waals surface area contributed by atoms with Gasteiger partial charge in [0.1, 0.15) is 11.4 Å². The molecule has 1 spiro atoms. The summed E-state index contributed by atoms with van der Waals surface area (Å²) in [4.78, 5) is 26.7. The zero-order valence-corrected chi connectivity index (χ0v) is 14.9. The largest absolute Gasteiger partial charge is 0.496 e. The van der Waals surface area contributed by atoms with E-state index in [-0.39, 0.29) is 18.4 Å². The lowest BCUT2D eigenvalue weighted by molar-refractivity contribution is -0.143. The molecule has 0 bridgehead atoms. The topological polar surface area (TPSA) is 72.6 Å². The molecule has 0 radical (unpaired) electrons. The van der Waals surface area contributed by atoms with Gasteiger partial charge in [0.15, 0.2) is 5.76 Å². The smallest absolute Gasteiger partial charge is 0.236 e. The van der Waals surface area contributed by atoms with Gasteiger partial charge in [0.05, 0.1) is 19.1 Å². The van der Waals surface area contributed by atoms with E-state index < -0.39 is 5.41 Å². The van der Waals surface area contributed by atoms with Crippen molar-refractivity contribution in [2.24, 2.45) is 5.41 Å². The van der Waals surface area contributed by atoms with Crippen LogP contribution in [0.25, 0.3) is 11.3 Å². The van der Waals surface area contributed by atoms with Crippen molar-refractivity contribution in [3.05, 3.63) is 36.1 Å². The lowest BCUT2D eigenvalue weighted by Crippen LogP contribution is -2.36. The number of imide groups is 1. The second-order valence-corrected chi connectivity index (χ2v) is 7.18. The van der Waals surface area contributed by atoms with E-state index in [0.717, 1.165) is 37.7 Å². The zero-order valence-electron chi connectivity index (χ0n) is 14.9. The van der Waals surface area contributed by atoms with Gasteiger partial charge in [-0.2, -0.15) is 0 Å². The molecule has 0 unspecified atom stereocenters. The van der Waals surface area contributed by atoms with E-state index >= 15 is 0 Å². The van der Waals surface area contributed by atoms with Crippen LogP contribution in [0.15, 0.2) is 34.9 Å². The summed E-state index contributed by atoms with van der Waals surface area (Å²) in [5, 5.41) is 4.09. The summed E-state index contributed by atoms with van der Waals surface area (Å²) in [7, 11) is 1.60. The average molecular weight is 354 g/mol. The lowest BCUT2D eigenvalue weighted by Gasteiger charge is -2.30. The Morgan fingerprint density at radius 3 is 2.73 bits per heavy atom. The van der Waals surface area contributed by atoms with Gasteiger partial charge in [-0.15, -0.1) is 0 Å². The first-order chi connectivity index (χ1) is 12.6. The van der Waals surface area contributed by atoms with Crippen LogP contribution in [-0.4, -0.2) is 29.0 Å². The van der Waals surface area contributed by atoms with E-state index in [0.29, 0.717) is 23.6 Å². The summed E-state index contributed by atoms with van der Waals surface area (Å²) >= 11 is 0. The Kier molecular flexibility index (Phi) is 4.26. The molecule has 26 heavy (non-hydrogen) atoms. The van der Waals surface area contributed by atoms with Gasteiger partial charge < -0.3 is 9.26 Å². The van der Waals surface area contributed by atoms with Crippen LogP contribution in [-0.2, 0) is 16.1 Å². The van der Waals surface area contributed by atoms with Gasteiger partial charge in [0.2, 0.25) is 11.8 Å². The van der Waals surface area contributed by atoms with E-state index in [2.05, 4.69) is 5.16 Å². The van der Waals surface area contributed by atoms with Gasteiger partial charge in [-0.3, -0.25) is 14.5 Å². The molecular formula is C20H22N2O4. The van der Waals surface area contributed by atoms with Gasteiger partial charge in [-0.1, -0.05) is 36.6 Å². The monoisotopic (exact) mass is 354 g/mol. The fourth-order valence-corrected chi connectivity index (χ4v) is 4.17. The number of hydrogen-bond acceptors (Lipinski definition) is 5. The molecule has 1 aromatic heterocycles. The normalized spacial score (nSPS) is 19.3. The number of ether oxygens (including phenoxy) is 1. The third-order valence-electron chi connectivity index (χ3n) is 5.56. The van der Waals surface area contributed by atoms with Gasteiger partial charge >= 0.3 is 0 Å². The van der Waals surface area contributed by atoms with Gasteiger partial charge in [0, 0.05) is 18.1 Å². The van der Waals surface area contributed by atoms with Gasteiger partial charge in [-0.05, 0) is 25.0 Å². The summed E-state index contributed by atoms with van der Waals surface area (Å²) in [6.07, 6.45) is 5.15. The summed E-state index contributed by atoms with van der Waals surface area (Å²) in [5.74, 6) is 1.05. The van der Waals surface area contributed by atoms with Gasteiger partial charge in [0.25, 0.3) is 0 Å². The van der Waals surface area contributed by atoms with Crippen molar-refractivity contribution < 1.29 is 18.8 Å². The van der Waals surface area contributed by atoms with Crippen LogP contribution in [0, 0.1) is 5.41 Å². The Hall–Kier alpha value is -2.63. The van der Waals surface area contributed by atoms with Crippen LogP contribution >= 0.6 is 0 Å². The molecule has 0 N–H and O–H groups in total. The molecule has 1 aliphatic heterocycles. The zero-order chi connectivity index (χ0) is 18.1. The predicted molar refractivity (Wildman–Crippen MR) is 94.2 cm³/mol. The highest BCUT2D eigenvalue weighted by Gasteiger charge is 2.51. The number of carbonyl (C=O) groups is 2. The molecule has 1 aliphatic carbocycles. The molecule has 0 atom stereocenters. The molecule has 6 nitrogen and oxygen atoms in total. The van der Waals surface area contributed by atoms with E-state index in [1.165, 1.54) is 4.90 Å². The number of hydrogen-bond donors (Lipinski definition) is 0. The first-order valence-corrected chi connectivity index (χ1v) is 9.07. The van der Waals surface area contributed by atoms with Crippen LogP contribution in [0.2, 0.25) is 0 Å².